The van der Waals surface area contributed by atoms with E-state index in [-0.39, 0.29) is 0 Å². The van der Waals surface area contributed by atoms with Crippen LogP contribution in [-0.4, -0.2) is 20.2 Å². The Kier molecular flexibility index (Phi) is 5.63. The molecule has 0 radical (unpaired) electrons. The van der Waals surface area contributed by atoms with Crippen LogP contribution in [0.25, 0.3) is 0 Å². The van der Waals surface area contributed by atoms with Gasteiger partial charge in [-0.2, -0.15) is 0 Å². The third-order valence-electron chi connectivity index (χ3n) is 3.84. The molecule has 0 saturated carbocycles. The molecule has 0 bridgehead atoms. The minimum atomic E-state index is 0.394. The van der Waals surface area contributed by atoms with Crippen molar-refractivity contribution in [3.8, 4) is 5.75 Å². The molecule has 0 fully saturated rings. The highest BCUT2D eigenvalue weighted by Crippen LogP contribution is 2.25. The number of aryl methyl sites for hydroxylation is 2. The summed E-state index contributed by atoms with van der Waals surface area (Å²) < 4.78 is 5.29. The minimum absolute atomic E-state index is 0.394. The van der Waals surface area contributed by atoms with Crippen molar-refractivity contribution >= 4 is 0 Å². The van der Waals surface area contributed by atoms with Crippen molar-refractivity contribution in [1.82, 2.24) is 0 Å². The number of nitrogens with two attached hydrogens (primary N) is 2. The molecule has 1 aromatic rings. The van der Waals surface area contributed by atoms with Crippen molar-refractivity contribution < 1.29 is 4.74 Å². The van der Waals surface area contributed by atoms with Gasteiger partial charge in [0.25, 0.3) is 0 Å². The SMILES string of the molecule is COc1cc(C)c(CC(C)C(CN)CN)c(C)c1. The quantitative estimate of drug-likeness (QED) is 0.812. The van der Waals surface area contributed by atoms with E-state index in [0.717, 1.165) is 12.2 Å². The molecule has 3 heteroatoms. The van der Waals surface area contributed by atoms with Crippen LogP contribution in [0, 0.1) is 25.7 Å². The molecule has 0 aromatic heterocycles. The lowest BCUT2D eigenvalue weighted by molar-refractivity contribution is 0.371. The van der Waals surface area contributed by atoms with Crippen molar-refractivity contribution in [2.45, 2.75) is 27.2 Å². The van der Waals surface area contributed by atoms with Gasteiger partial charge >= 0.3 is 0 Å². The predicted octanol–water partition coefficient (Wildman–Crippen LogP) is 2.02. The van der Waals surface area contributed by atoms with E-state index < -0.39 is 0 Å². The smallest absolute Gasteiger partial charge is 0.119 e. The Balaban J connectivity index is 2.90. The van der Waals surface area contributed by atoms with Gasteiger partial charge < -0.3 is 16.2 Å². The Morgan fingerprint density at radius 3 is 2.00 bits per heavy atom. The molecular formula is C15H26N2O. The van der Waals surface area contributed by atoms with Gasteiger partial charge in [0.1, 0.15) is 5.75 Å². The van der Waals surface area contributed by atoms with Gasteiger partial charge in [-0.3, -0.25) is 0 Å². The van der Waals surface area contributed by atoms with E-state index in [9.17, 15) is 0 Å². The monoisotopic (exact) mass is 250 g/mol. The highest BCUT2D eigenvalue weighted by Gasteiger charge is 2.17. The fourth-order valence-electron chi connectivity index (χ4n) is 2.44. The molecule has 0 amide bonds. The summed E-state index contributed by atoms with van der Waals surface area (Å²) in [5, 5.41) is 0. The second-order valence-corrected chi connectivity index (χ2v) is 5.15. The van der Waals surface area contributed by atoms with E-state index in [1.807, 2.05) is 0 Å². The first-order chi connectivity index (χ1) is 8.53. The first kappa shape index (κ1) is 15.0. The molecule has 102 valence electrons. The second kappa shape index (κ2) is 6.76. The van der Waals surface area contributed by atoms with E-state index in [1.165, 1.54) is 16.7 Å². The summed E-state index contributed by atoms with van der Waals surface area (Å²) in [7, 11) is 1.70. The lowest BCUT2D eigenvalue weighted by Crippen LogP contribution is -2.30. The number of ether oxygens (including phenoxy) is 1. The molecule has 4 N–H and O–H groups in total. The fourth-order valence-corrected chi connectivity index (χ4v) is 2.44. The summed E-state index contributed by atoms with van der Waals surface area (Å²) in [4.78, 5) is 0. The van der Waals surface area contributed by atoms with Crippen LogP contribution in [-0.2, 0) is 6.42 Å². The van der Waals surface area contributed by atoms with Gasteiger partial charge in [-0.1, -0.05) is 6.92 Å². The first-order valence-corrected chi connectivity index (χ1v) is 6.57. The van der Waals surface area contributed by atoms with Crippen molar-refractivity contribution in [2.24, 2.45) is 23.3 Å². The molecule has 1 atom stereocenters. The summed E-state index contributed by atoms with van der Waals surface area (Å²) >= 11 is 0. The van der Waals surface area contributed by atoms with Crippen LogP contribution in [0.1, 0.15) is 23.6 Å². The van der Waals surface area contributed by atoms with Crippen LogP contribution in [0.2, 0.25) is 0 Å². The van der Waals surface area contributed by atoms with Crippen molar-refractivity contribution in [3.63, 3.8) is 0 Å². The van der Waals surface area contributed by atoms with Crippen molar-refractivity contribution in [2.75, 3.05) is 20.2 Å². The third kappa shape index (κ3) is 3.47. The zero-order chi connectivity index (χ0) is 13.7. The fraction of sp³-hybridized carbons (Fsp3) is 0.600. The lowest BCUT2D eigenvalue weighted by atomic mass is 9.85. The molecule has 3 nitrogen and oxygen atoms in total. The van der Waals surface area contributed by atoms with Crippen molar-refractivity contribution in [3.05, 3.63) is 28.8 Å². The third-order valence-corrected chi connectivity index (χ3v) is 3.84. The van der Waals surface area contributed by atoms with E-state index in [0.29, 0.717) is 24.9 Å². The van der Waals surface area contributed by atoms with E-state index in [2.05, 4.69) is 32.9 Å². The topological polar surface area (TPSA) is 61.3 Å². The Labute approximate surface area is 111 Å². The number of hydrogen-bond acceptors (Lipinski definition) is 3. The van der Waals surface area contributed by atoms with Crippen LogP contribution in [0.4, 0.5) is 0 Å². The number of benzene rings is 1. The highest BCUT2D eigenvalue weighted by molar-refractivity contribution is 5.41. The Hall–Kier alpha value is -1.06. The average molecular weight is 250 g/mol. The highest BCUT2D eigenvalue weighted by atomic mass is 16.5. The van der Waals surface area contributed by atoms with Gasteiger partial charge in [0, 0.05) is 0 Å². The average Bonchev–Trinajstić information content (AvgIpc) is 2.35. The summed E-state index contributed by atoms with van der Waals surface area (Å²) in [6.07, 6.45) is 1.03. The summed E-state index contributed by atoms with van der Waals surface area (Å²) in [5.74, 6) is 1.83. The van der Waals surface area contributed by atoms with E-state index in [4.69, 9.17) is 16.2 Å². The van der Waals surface area contributed by atoms with Gasteiger partial charge in [0.2, 0.25) is 0 Å². The second-order valence-electron chi connectivity index (χ2n) is 5.15. The number of hydrogen-bond donors (Lipinski definition) is 2. The molecule has 18 heavy (non-hydrogen) atoms. The maximum atomic E-state index is 5.76. The molecule has 1 unspecified atom stereocenters. The first-order valence-electron chi connectivity index (χ1n) is 6.57. The molecule has 0 aliphatic rings. The largest absolute Gasteiger partial charge is 0.497 e. The van der Waals surface area contributed by atoms with Crippen LogP contribution >= 0.6 is 0 Å². The minimum Gasteiger partial charge on any atom is -0.497 e. The Morgan fingerprint density at radius 1 is 1.11 bits per heavy atom. The lowest BCUT2D eigenvalue weighted by Gasteiger charge is -2.23. The molecule has 1 rings (SSSR count). The van der Waals surface area contributed by atoms with Crippen LogP contribution in [0.3, 0.4) is 0 Å². The molecule has 0 saturated heterocycles. The normalized spacial score (nSPS) is 12.8. The predicted molar refractivity (Wildman–Crippen MR) is 76.9 cm³/mol. The molecule has 0 heterocycles. The molecule has 0 aliphatic carbocycles. The maximum absolute atomic E-state index is 5.76. The van der Waals surface area contributed by atoms with Crippen molar-refractivity contribution in [1.29, 1.82) is 0 Å². The Morgan fingerprint density at radius 2 is 1.61 bits per heavy atom. The molecule has 1 aromatic carbocycles. The van der Waals surface area contributed by atoms with Gasteiger partial charge in [-0.15, -0.1) is 0 Å². The van der Waals surface area contributed by atoms with Gasteiger partial charge in [-0.05, 0) is 74.0 Å². The number of methoxy groups -OCH3 is 1. The van der Waals surface area contributed by atoms with Crippen LogP contribution < -0.4 is 16.2 Å². The van der Waals surface area contributed by atoms with Crippen LogP contribution in [0.15, 0.2) is 12.1 Å². The van der Waals surface area contributed by atoms with Crippen LogP contribution in [0.5, 0.6) is 5.75 Å². The molecule has 0 aliphatic heterocycles. The Bertz CT molecular complexity index is 363. The zero-order valence-corrected chi connectivity index (χ0v) is 12.0. The zero-order valence-electron chi connectivity index (χ0n) is 12.0. The maximum Gasteiger partial charge on any atom is 0.119 e. The standard InChI is InChI=1S/C15H26N2O/c1-10(13(8-16)9-17)7-15-11(2)5-14(18-4)6-12(15)3/h5-6,10,13H,7-9,16-17H2,1-4H3. The van der Waals surface area contributed by atoms with E-state index in [1.54, 1.807) is 7.11 Å². The molecule has 0 spiro atoms. The summed E-state index contributed by atoms with van der Waals surface area (Å²) in [6.45, 7) is 7.82. The molecular weight excluding hydrogens is 224 g/mol. The summed E-state index contributed by atoms with van der Waals surface area (Å²) in [5.41, 5.74) is 15.5. The van der Waals surface area contributed by atoms with Gasteiger partial charge in [-0.25, -0.2) is 0 Å². The van der Waals surface area contributed by atoms with Gasteiger partial charge in [0.05, 0.1) is 7.11 Å². The van der Waals surface area contributed by atoms with Gasteiger partial charge in [0.15, 0.2) is 0 Å². The summed E-state index contributed by atoms with van der Waals surface area (Å²) in [6, 6.07) is 4.18. The van der Waals surface area contributed by atoms with E-state index >= 15 is 0 Å². The number of rotatable bonds is 6.